The number of allylic oxidation sites excluding steroid dienone is 2. The second kappa shape index (κ2) is 4.29. The zero-order valence-electron chi connectivity index (χ0n) is 10.2. The summed E-state index contributed by atoms with van der Waals surface area (Å²) in [6.45, 7) is 4.83. The van der Waals surface area contributed by atoms with Crippen molar-refractivity contribution in [2.24, 2.45) is 23.0 Å². The van der Waals surface area contributed by atoms with Crippen LogP contribution >= 0.6 is 0 Å². The van der Waals surface area contributed by atoms with E-state index in [0.717, 1.165) is 5.92 Å². The molecule has 0 aromatic heterocycles. The van der Waals surface area contributed by atoms with Crippen LogP contribution in [0, 0.1) is 17.3 Å². The van der Waals surface area contributed by atoms with Gasteiger partial charge in [-0.15, -0.1) is 0 Å². The summed E-state index contributed by atoms with van der Waals surface area (Å²) in [7, 11) is 0. The van der Waals surface area contributed by atoms with Crippen molar-refractivity contribution in [2.75, 3.05) is 0 Å². The third kappa shape index (κ3) is 2.13. The van der Waals surface area contributed by atoms with Gasteiger partial charge >= 0.3 is 0 Å². The van der Waals surface area contributed by atoms with Crippen molar-refractivity contribution in [3.05, 3.63) is 12.2 Å². The Hall–Kier alpha value is -0.300. The molecule has 0 heterocycles. The highest BCUT2D eigenvalue weighted by molar-refractivity contribution is 5.08. The van der Waals surface area contributed by atoms with Crippen LogP contribution in [-0.4, -0.2) is 6.04 Å². The molecule has 15 heavy (non-hydrogen) atoms. The van der Waals surface area contributed by atoms with Crippen LogP contribution < -0.4 is 5.73 Å². The van der Waals surface area contributed by atoms with Gasteiger partial charge in [-0.3, -0.25) is 0 Å². The molecule has 4 unspecified atom stereocenters. The minimum atomic E-state index is 0.386. The lowest BCUT2D eigenvalue weighted by atomic mass is 9.60. The van der Waals surface area contributed by atoms with Crippen LogP contribution in [0.3, 0.4) is 0 Å². The zero-order chi connectivity index (χ0) is 10.9. The van der Waals surface area contributed by atoms with Gasteiger partial charge in [0.25, 0.3) is 0 Å². The molecule has 0 radical (unpaired) electrons. The summed E-state index contributed by atoms with van der Waals surface area (Å²) in [5, 5.41) is 0. The van der Waals surface area contributed by atoms with Crippen LogP contribution in [0.15, 0.2) is 12.2 Å². The smallest absolute Gasteiger partial charge is 0.00779 e. The molecule has 0 aromatic carbocycles. The van der Waals surface area contributed by atoms with Crippen LogP contribution in [0.5, 0.6) is 0 Å². The van der Waals surface area contributed by atoms with Gasteiger partial charge in [-0.25, -0.2) is 0 Å². The highest BCUT2D eigenvalue weighted by Crippen LogP contribution is 2.46. The molecule has 1 heteroatoms. The first-order valence-electron chi connectivity index (χ1n) is 6.57. The van der Waals surface area contributed by atoms with Gasteiger partial charge in [-0.2, -0.15) is 0 Å². The Balaban J connectivity index is 2.18. The third-order valence-electron chi connectivity index (χ3n) is 4.62. The molecule has 2 aliphatic carbocycles. The number of hydrogen-bond donors (Lipinski definition) is 1. The highest BCUT2D eigenvalue weighted by atomic mass is 14.7. The second-order valence-electron chi connectivity index (χ2n) is 5.90. The van der Waals surface area contributed by atoms with Crippen LogP contribution in [-0.2, 0) is 0 Å². The molecule has 2 aliphatic rings. The van der Waals surface area contributed by atoms with Gasteiger partial charge in [-0.05, 0) is 42.9 Å². The van der Waals surface area contributed by atoms with E-state index < -0.39 is 0 Å². The van der Waals surface area contributed by atoms with Crippen molar-refractivity contribution in [1.82, 2.24) is 0 Å². The summed E-state index contributed by atoms with van der Waals surface area (Å²) in [5.41, 5.74) is 6.74. The topological polar surface area (TPSA) is 26.0 Å². The van der Waals surface area contributed by atoms with E-state index in [1.807, 2.05) is 0 Å². The van der Waals surface area contributed by atoms with Crippen LogP contribution in [0.1, 0.15) is 52.4 Å². The van der Waals surface area contributed by atoms with Gasteiger partial charge in [-0.1, -0.05) is 38.8 Å². The maximum absolute atomic E-state index is 6.35. The number of rotatable bonds is 1. The summed E-state index contributed by atoms with van der Waals surface area (Å²) in [6.07, 6.45) is 12.7. The first-order chi connectivity index (χ1) is 7.13. The van der Waals surface area contributed by atoms with E-state index in [1.165, 1.54) is 38.5 Å². The third-order valence-corrected chi connectivity index (χ3v) is 4.62. The maximum Gasteiger partial charge on any atom is 0.00779 e. The first-order valence-corrected chi connectivity index (χ1v) is 6.57. The van der Waals surface area contributed by atoms with Gasteiger partial charge in [0, 0.05) is 6.04 Å². The molecule has 1 fully saturated rings. The Morgan fingerprint density at radius 2 is 2.07 bits per heavy atom. The van der Waals surface area contributed by atoms with Crippen molar-refractivity contribution in [2.45, 2.75) is 58.4 Å². The minimum Gasteiger partial charge on any atom is -0.327 e. The lowest BCUT2D eigenvalue weighted by Crippen LogP contribution is -2.46. The molecule has 2 N–H and O–H groups in total. The molecule has 0 spiro atoms. The largest absolute Gasteiger partial charge is 0.327 e. The highest BCUT2D eigenvalue weighted by Gasteiger charge is 2.41. The molecule has 86 valence electrons. The zero-order valence-corrected chi connectivity index (χ0v) is 10.2. The monoisotopic (exact) mass is 207 g/mol. The van der Waals surface area contributed by atoms with Gasteiger partial charge in [0.15, 0.2) is 0 Å². The second-order valence-corrected chi connectivity index (χ2v) is 5.90. The molecule has 0 aliphatic heterocycles. The Morgan fingerprint density at radius 1 is 1.27 bits per heavy atom. The van der Waals surface area contributed by atoms with E-state index in [4.69, 9.17) is 5.73 Å². The predicted molar refractivity (Wildman–Crippen MR) is 65.6 cm³/mol. The summed E-state index contributed by atoms with van der Waals surface area (Å²) >= 11 is 0. The lowest BCUT2D eigenvalue weighted by molar-refractivity contribution is 0.0916. The summed E-state index contributed by atoms with van der Waals surface area (Å²) in [4.78, 5) is 0. The number of hydrogen-bond acceptors (Lipinski definition) is 1. The van der Waals surface area contributed by atoms with Crippen molar-refractivity contribution < 1.29 is 0 Å². The molecule has 1 nitrogen and oxygen atoms in total. The maximum atomic E-state index is 6.35. The van der Waals surface area contributed by atoms with E-state index in [2.05, 4.69) is 26.0 Å². The molecule has 0 bridgehead atoms. The van der Waals surface area contributed by atoms with Gasteiger partial charge in [0.2, 0.25) is 0 Å². The van der Waals surface area contributed by atoms with Gasteiger partial charge in [0.1, 0.15) is 0 Å². The quantitative estimate of drug-likeness (QED) is 0.654. The minimum absolute atomic E-state index is 0.386. The van der Waals surface area contributed by atoms with E-state index in [1.54, 1.807) is 0 Å². The molecule has 0 aromatic rings. The Bertz CT molecular complexity index is 236. The predicted octanol–water partition coefficient (Wildman–Crippen LogP) is 3.50. The fourth-order valence-corrected chi connectivity index (χ4v) is 3.91. The van der Waals surface area contributed by atoms with Crippen LogP contribution in [0.2, 0.25) is 0 Å². The van der Waals surface area contributed by atoms with Crippen molar-refractivity contribution in [3.63, 3.8) is 0 Å². The van der Waals surface area contributed by atoms with Gasteiger partial charge in [0.05, 0.1) is 0 Å². The molecule has 4 atom stereocenters. The molecule has 2 rings (SSSR count). The molecule has 1 saturated carbocycles. The fourth-order valence-electron chi connectivity index (χ4n) is 3.91. The van der Waals surface area contributed by atoms with Crippen LogP contribution in [0.4, 0.5) is 0 Å². The Morgan fingerprint density at radius 3 is 2.67 bits per heavy atom. The number of nitrogens with two attached hydrogens (primary N) is 1. The standard InChI is InChI=1S/C14H25N/c1-11-7-6-8-12(15)13(11)14(2)9-4-3-5-10-14/h4,9,11-13H,3,5-8,10,15H2,1-2H3. The van der Waals surface area contributed by atoms with E-state index >= 15 is 0 Å². The average molecular weight is 207 g/mol. The van der Waals surface area contributed by atoms with Crippen molar-refractivity contribution >= 4 is 0 Å². The summed E-state index contributed by atoms with van der Waals surface area (Å²) in [6, 6.07) is 0.432. The fraction of sp³-hybridized carbons (Fsp3) is 0.857. The van der Waals surface area contributed by atoms with Crippen molar-refractivity contribution in [3.8, 4) is 0 Å². The molecule has 0 amide bonds. The molecular weight excluding hydrogens is 182 g/mol. The molecular formula is C14H25N. The van der Waals surface area contributed by atoms with E-state index in [-0.39, 0.29) is 0 Å². The SMILES string of the molecule is CC1CCCC(N)C1C1(C)C=CCCC1. The first kappa shape index (κ1) is 11.2. The van der Waals surface area contributed by atoms with E-state index in [0.29, 0.717) is 17.4 Å². The van der Waals surface area contributed by atoms with Crippen molar-refractivity contribution in [1.29, 1.82) is 0 Å². The van der Waals surface area contributed by atoms with E-state index in [9.17, 15) is 0 Å². The Labute approximate surface area is 94.1 Å². The summed E-state index contributed by atoms with van der Waals surface area (Å²) < 4.78 is 0. The lowest BCUT2D eigenvalue weighted by Gasteiger charge is -2.46. The average Bonchev–Trinajstić information content (AvgIpc) is 2.18. The normalized spacial score (nSPS) is 46.7. The Kier molecular flexibility index (Phi) is 3.20. The van der Waals surface area contributed by atoms with Crippen LogP contribution in [0.25, 0.3) is 0 Å². The van der Waals surface area contributed by atoms with Gasteiger partial charge < -0.3 is 5.73 Å². The summed E-state index contributed by atoms with van der Waals surface area (Å²) in [5.74, 6) is 1.52. The molecule has 0 saturated heterocycles.